The molecule has 0 heterocycles. The second kappa shape index (κ2) is 12.3. The third-order valence-corrected chi connectivity index (χ3v) is 6.71. The van der Waals surface area contributed by atoms with Gasteiger partial charge in [0, 0.05) is 15.8 Å². The van der Waals surface area contributed by atoms with Gasteiger partial charge in [-0.15, -0.1) is 0 Å². The summed E-state index contributed by atoms with van der Waals surface area (Å²) in [6, 6.07) is 13.7. The average molecular weight is 485 g/mol. The van der Waals surface area contributed by atoms with E-state index in [-0.39, 0.29) is 5.75 Å². The SMILES string of the molecule is O=C(O)CC(O)(CSCCCCCCc1c(Cl)cc(Cl)cc1-c1ccccc1)C(=O)O. The molecule has 0 aliphatic heterocycles. The molecule has 0 saturated carbocycles. The summed E-state index contributed by atoms with van der Waals surface area (Å²) in [5.41, 5.74) is 0.966. The standard InChI is InChI=1S/C23H26Cl2O5S/c24-17-12-19(16-8-4-3-5-9-16)18(20(25)13-17)10-6-1-2-7-11-31-15-23(30,22(28)29)14-21(26)27/h3-5,8-9,12-13,30H,1-2,6-7,10-11,14-15H2,(H,26,27)(H,28,29). The van der Waals surface area contributed by atoms with Gasteiger partial charge in [0.2, 0.25) is 0 Å². The molecule has 2 aromatic rings. The van der Waals surface area contributed by atoms with Crippen molar-refractivity contribution in [3.8, 4) is 11.1 Å². The number of aliphatic hydroxyl groups is 1. The van der Waals surface area contributed by atoms with Crippen LogP contribution in [0.15, 0.2) is 42.5 Å². The summed E-state index contributed by atoms with van der Waals surface area (Å²) in [5, 5.41) is 29.1. The van der Waals surface area contributed by atoms with Crippen LogP contribution in [0.1, 0.15) is 37.7 Å². The lowest BCUT2D eigenvalue weighted by Crippen LogP contribution is -2.43. The number of thioether (sulfide) groups is 1. The van der Waals surface area contributed by atoms with Crippen LogP contribution < -0.4 is 0 Å². The molecule has 2 aromatic carbocycles. The van der Waals surface area contributed by atoms with Crippen molar-refractivity contribution in [3.05, 3.63) is 58.1 Å². The Bertz CT molecular complexity index is 891. The molecular weight excluding hydrogens is 459 g/mol. The largest absolute Gasteiger partial charge is 0.481 e. The van der Waals surface area contributed by atoms with Crippen LogP contribution in [0.4, 0.5) is 0 Å². The van der Waals surface area contributed by atoms with Crippen molar-refractivity contribution < 1.29 is 24.9 Å². The number of unbranched alkanes of at least 4 members (excludes halogenated alkanes) is 3. The van der Waals surface area contributed by atoms with E-state index in [4.69, 9.17) is 33.4 Å². The normalized spacial score (nSPS) is 13.0. The molecular formula is C23H26Cl2O5S. The molecule has 0 aromatic heterocycles. The van der Waals surface area contributed by atoms with E-state index in [1.807, 2.05) is 36.4 Å². The van der Waals surface area contributed by atoms with E-state index in [2.05, 4.69) is 0 Å². The van der Waals surface area contributed by atoms with Gasteiger partial charge in [0.15, 0.2) is 5.60 Å². The molecule has 0 fully saturated rings. The first-order chi connectivity index (χ1) is 14.7. The summed E-state index contributed by atoms with van der Waals surface area (Å²) in [4.78, 5) is 21.9. The molecule has 0 bridgehead atoms. The minimum absolute atomic E-state index is 0.143. The highest BCUT2D eigenvalue weighted by atomic mass is 35.5. The third-order valence-electron chi connectivity index (χ3n) is 4.89. The van der Waals surface area contributed by atoms with Crippen LogP contribution in [0, 0.1) is 0 Å². The number of rotatable bonds is 13. The summed E-state index contributed by atoms with van der Waals surface area (Å²) in [5.74, 6) is -2.32. The van der Waals surface area contributed by atoms with Gasteiger partial charge in [-0.2, -0.15) is 11.8 Å². The lowest BCUT2D eigenvalue weighted by Gasteiger charge is -2.20. The molecule has 1 atom stereocenters. The number of hydrogen-bond donors (Lipinski definition) is 3. The zero-order valence-corrected chi connectivity index (χ0v) is 19.3. The lowest BCUT2D eigenvalue weighted by molar-refractivity contribution is -0.162. The monoisotopic (exact) mass is 484 g/mol. The Morgan fingerprint density at radius 3 is 2.29 bits per heavy atom. The fourth-order valence-electron chi connectivity index (χ4n) is 3.27. The molecule has 31 heavy (non-hydrogen) atoms. The first-order valence-corrected chi connectivity index (χ1v) is 11.9. The molecule has 0 aliphatic rings. The summed E-state index contributed by atoms with van der Waals surface area (Å²) in [7, 11) is 0. The first-order valence-electron chi connectivity index (χ1n) is 10.0. The molecule has 3 N–H and O–H groups in total. The fourth-order valence-corrected chi connectivity index (χ4v) is 4.98. The van der Waals surface area contributed by atoms with Crippen molar-refractivity contribution in [1.82, 2.24) is 0 Å². The van der Waals surface area contributed by atoms with E-state index in [1.54, 1.807) is 6.07 Å². The number of benzene rings is 2. The quantitative estimate of drug-likeness (QED) is 0.311. The Hall–Kier alpha value is -1.73. The molecule has 0 saturated heterocycles. The molecule has 8 heteroatoms. The van der Waals surface area contributed by atoms with Crippen molar-refractivity contribution in [3.63, 3.8) is 0 Å². The van der Waals surface area contributed by atoms with Crippen molar-refractivity contribution in [1.29, 1.82) is 0 Å². The van der Waals surface area contributed by atoms with Crippen LogP contribution in [0.5, 0.6) is 0 Å². The van der Waals surface area contributed by atoms with Gasteiger partial charge in [-0.25, -0.2) is 4.79 Å². The Balaban J connectivity index is 1.79. The highest BCUT2D eigenvalue weighted by Crippen LogP contribution is 2.34. The van der Waals surface area contributed by atoms with Crippen LogP contribution in [-0.4, -0.2) is 44.4 Å². The van der Waals surface area contributed by atoms with E-state index in [0.717, 1.165) is 48.8 Å². The predicted molar refractivity (Wildman–Crippen MR) is 126 cm³/mol. The molecule has 5 nitrogen and oxygen atoms in total. The van der Waals surface area contributed by atoms with Crippen LogP contribution in [-0.2, 0) is 16.0 Å². The number of halogens is 2. The zero-order chi connectivity index (χ0) is 22.9. The van der Waals surface area contributed by atoms with Gasteiger partial charge in [-0.1, -0.05) is 66.4 Å². The van der Waals surface area contributed by atoms with Gasteiger partial charge in [-0.05, 0) is 53.8 Å². The fraction of sp³-hybridized carbons (Fsp3) is 0.391. The average Bonchev–Trinajstić information content (AvgIpc) is 2.71. The van der Waals surface area contributed by atoms with Gasteiger partial charge >= 0.3 is 11.9 Å². The first kappa shape index (κ1) is 25.5. The predicted octanol–water partition coefficient (Wildman–Crippen LogP) is 5.79. The van der Waals surface area contributed by atoms with Gasteiger partial charge in [0.25, 0.3) is 0 Å². The van der Waals surface area contributed by atoms with Crippen LogP contribution in [0.25, 0.3) is 11.1 Å². The smallest absolute Gasteiger partial charge is 0.337 e. The summed E-state index contributed by atoms with van der Waals surface area (Å²) >= 11 is 13.9. The van der Waals surface area contributed by atoms with Crippen LogP contribution >= 0.6 is 35.0 Å². The van der Waals surface area contributed by atoms with Gasteiger partial charge in [0.1, 0.15) is 0 Å². The van der Waals surface area contributed by atoms with E-state index in [9.17, 15) is 14.7 Å². The van der Waals surface area contributed by atoms with Crippen molar-refractivity contribution in [2.24, 2.45) is 0 Å². The maximum atomic E-state index is 11.1. The Labute approximate surface area is 196 Å². The maximum absolute atomic E-state index is 11.1. The maximum Gasteiger partial charge on any atom is 0.337 e. The van der Waals surface area contributed by atoms with Gasteiger partial charge in [0.05, 0.1) is 6.42 Å². The summed E-state index contributed by atoms with van der Waals surface area (Å²) in [6.45, 7) is 0. The zero-order valence-electron chi connectivity index (χ0n) is 17.0. The van der Waals surface area contributed by atoms with E-state index in [1.165, 1.54) is 11.8 Å². The summed E-state index contributed by atoms with van der Waals surface area (Å²) < 4.78 is 0. The van der Waals surface area contributed by atoms with Crippen molar-refractivity contribution in [2.75, 3.05) is 11.5 Å². The topological polar surface area (TPSA) is 94.8 Å². The van der Waals surface area contributed by atoms with Crippen LogP contribution in [0.2, 0.25) is 10.0 Å². The Kier molecular flexibility index (Phi) is 10.2. The number of carbonyl (C=O) groups is 2. The Morgan fingerprint density at radius 2 is 1.65 bits per heavy atom. The second-order valence-corrected chi connectivity index (χ2v) is 9.35. The molecule has 0 spiro atoms. The highest BCUT2D eigenvalue weighted by Gasteiger charge is 2.38. The molecule has 0 radical (unpaired) electrons. The lowest BCUT2D eigenvalue weighted by atomic mass is 9.95. The second-order valence-electron chi connectivity index (χ2n) is 7.40. The minimum Gasteiger partial charge on any atom is -0.481 e. The third kappa shape index (κ3) is 8.04. The van der Waals surface area contributed by atoms with Gasteiger partial charge < -0.3 is 15.3 Å². The van der Waals surface area contributed by atoms with E-state index >= 15 is 0 Å². The molecule has 0 aliphatic carbocycles. The molecule has 1 unspecified atom stereocenters. The Morgan fingerprint density at radius 1 is 0.968 bits per heavy atom. The number of aliphatic carboxylic acids is 2. The molecule has 0 amide bonds. The number of carboxylic acids is 2. The van der Waals surface area contributed by atoms with Crippen LogP contribution in [0.3, 0.4) is 0 Å². The van der Waals surface area contributed by atoms with Crippen molar-refractivity contribution in [2.45, 2.75) is 44.1 Å². The minimum atomic E-state index is -2.23. The van der Waals surface area contributed by atoms with E-state index < -0.39 is 24.0 Å². The number of carboxylic acid groups (broad SMARTS) is 2. The molecule has 168 valence electrons. The highest BCUT2D eigenvalue weighted by molar-refractivity contribution is 7.99. The number of hydrogen-bond acceptors (Lipinski definition) is 4. The van der Waals surface area contributed by atoms with E-state index in [0.29, 0.717) is 15.8 Å². The van der Waals surface area contributed by atoms with Gasteiger partial charge in [-0.3, -0.25) is 4.79 Å². The molecule has 2 rings (SSSR count). The summed E-state index contributed by atoms with van der Waals surface area (Å²) in [6.07, 6.45) is 3.75. The van der Waals surface area contributed by atoms with Crippen molar-refractivity contribution >= 4 is 46.9 Å².